The maximum Gasteiger partial charge on any atom is 0.138 e. The summed E-state index contributed by atoms with van der Waals surface area (Å²) in [6.45, 7) is 11.3. The molecular formula is C16H24N4S. The fraction of sp³-hybridized carbons (Fsp3) is 0.500. The van der Waals surface area contributed by atoms with E-state index < -0.39 is 0 Å². The fourth-order valence-corrected chi connectivity index (χ4v) is 2.85. The SMILES string of the molecule is CNc1nc(C(C)(C)C)nc(NCc2ccc(C)s2)c1C. The van der Waals surface area contributed by atoms with E-state index in [1.54, 1.807) is 0 Å². The number of nitrogens with zero attached hydrogens (tertiary/aromatic N) is 2. The molecule has 0 saturated heterocycles. The summed E-state index contributed by atoms with van der Waals surface area (Å²) in [7, 11) is 1.90. The topological polar surface area (TPSA) is 49.8 Å². The van der Waals surface area contributed by atoms with Gasteiger partial charge in [-0.2, -0.15) is 0 Å². The minimum Gasteiger partial charge on any atom is -0.373 e. The number of nitrogens with one attached hydrogen (secondary N) is 2. The van der Waals surface area contributed by atoms with Crippen molar-refractivity contribution in [3.8, 4) is 0 Å². The first kappa shape index (κ1) is 15.8. The first-order valence-corrected chi connectivity index (χ1v) is 7.99. The second-order valence-electron chi connectivity index (χ2n) is 6.24. The van der Waals surface area contributed by atoms with Crippen molar-refractivity contribution in [3.63, 3.8) is 0 Å². The minimum atomic E-state index is -0.0742. The Morgan fingerprint density at radius 3 is 2.29 bits per heavy atom. The van der Waals surface area contributed by atoms with Crippen molar-refractivity contribution in [3.05, 3.63) is 33.3 Å². The van der Waals surface area contributed by atoms with Crippen LogP contribution in [0.25, 0.3) is 0 Å². The van der Waals surface area contributed by atoms with Crippen molar-refractivity contribution in [1.29, 1.82) is 0 Å². The van der Waals surface area contributed by atoms with E-state index in [4.69, 9.17) is 4.98 Å². The van der Waals surface area contributed by atoms with E-state index >= 15 is 0 Å². The van der Waals surface area contributed by atoms with Crippen molar-refractivity contribution in [2.24, 2.45) is 0 Å². The summed E-state index contributed by atoms with van der Waals surface area (Å²) < 4.78 is 0. The maximum absolute atomic E-state index is 4.72. The standard InChI is InChI=1S/C16H24N4S/c1-10-7-8-12(21-10)9-18-14-11(2)13(17-6)19-15(20-14)16(3,4)5/h7-8H,9H2,1-6H3,(H2,17,18,19,20). The van der Waals surface area contributed by atoms with Gasteiger partial charge in [0.1, 0.15) is 17.5 Å². The van der Waals surface area contributed by atoms with Gasteiger partial charge in [-0.15, -0.1) is 11.3 Å². The highest BCUT2D eigenvalue weighted by Crippen LogP contribution is 2.26. The summed E-state index contributed by atoms with van der Waals surface area (Å²) in [6, 6.07) is 4.31. The van der Waals surface area contributed by atoms with Crippen molar-refractivity contribution in [2.75, 3.05) is 17.7 Å². The van der Waals surface area contributed by atoms with E-state index in [2.05, 4.69) is 55.4 Å². The van der Waals surface area contributed by atoms with Crippen LogP contribution in [0.15, 0.2) is 12.1 Å². The third-order valence-corrected chi connectivity index (χ3v) is 4.28. The van der Waals surface area contributed by atoms with Gasteiger partial charge in [-0.25, -0.2) is 9.97 Å². The van der Waals surface area contributed by atoms with E-state index in [0.717, 1.165) is 29.6 Å². The average molecular weight is 304 g/mol. The molecule has 0 aliphatic heterocycles. The maximum atomic E-state index is 4.72. The Morgan fingerprint density at radius 1 is 1.10 bits per heavy atom. The van der Waals surface area contributed by atoms with Crippen LogP contribution in [0.3, 0.4) is 0 Å². The zero-order valence-electron chi connectivity index (χ0n) is 13.7. The van der Waals surface area contributed by atoms with Crippen molar-refractivity contribution >= 4 is 23.0 Å². The van der Waals surface area contributed by atoms with Crippen LogP contribution in [0.4, 0.5) is 11.6 Å². The minimum absolute atomic E-state index is 0.0742. The van der Waals surface area contributed by atoms with Crippen molar-refractivity contribution in [1.82, 2.24) is 9.97 Å². The van der Waals surface area contributed by atoms with Gasteiger partial charge < -0.3 is 10.6 Å². The Morgan fingerprint density at radius 2 is 1.76 bits per heavy atom. The van der Waals surface area contributed by atoms with Crippen LogP contribution in [0.1, 0.15) is 41.9 Å². The molecule has 2 aromatic rings. The number of aromatic nitrogens is 2. The number of hydrogen-bond donors (Lipinski definition) is 2. The number of anilines is 2. The van der Waals surface area contributed by atoms with Gasteiger partial charge >= 0.3 is 0 Å². The van der Waals surface area contributed by atoms with Crippen LogP contribution in [0.5, 0.6) is 0 Å². The van der Waals surface area contributed by atoms with Gasteiger partial charge in [-0.3, -0.25) is 0 Å². The quantitative estimate of drug-likeness (QED) is 0.892. The molecule has 2 aromatic heterocycles. The Kier molecular flexibility index (Phi) is 4.52. The second kappa shape index (κ2) is 6.02. The molecule has 21 heavy (non-hydrogen) atoms. The van der Waals surface area contributed by atoms with Crippen LogP contribution >= 0.6 is 11.3 Å². The van der Waals surface area contributed by atoms with Gasteiger partial charge in [0.15, 0.2) is 0 Å². The largest absolute Gasteiger partial charge is 0.373 e. The van der Waals surface area contributed by atoms with Gasteiger partial charge in [0, 0.05) is 27.8 Å². The third-order valence-electron chi connectivity index (χ3n) is 3.28. The van der Waals surface area contributed by atoms with Crippen molar-refractivity contribution < 1.29 is 0 Å². The van der Waals surface area contributed by atoms with Crippen LogP contribution in [0.2, 0.25) is 0 Å². The normalized spacial score (nSPS) is 11.5. The molecule has 2 heterocycles. The number of aryl methyl sites for hydroxylation is 1. The van der Waals surface area contributed by atoms with E-state index in [-0.39, 0.29) is 5.41 Å². The molecule has 0 saturated carbocycles. The second-order valence-corrected chi connectivity index (χ2v) is 7.61. The van der Waals surface area contributed by atoms with E-state index in [0.29, 0.717) is 0 Å². The van der Waals surface area contributed by atoms with Gasteiger partial charge in [-0.05, 0) is 26.0 Å². The molecule has 0 aliphatic rings. The lowest BCUT2D eigenvalue weighted by molar-refractivity contribution is 0.546. The molecule has 4 nitrogen and oxygen atoms in total. The smallest absolute Gasteiger partial charge is 0.138 e. The summed E-state index contributed by atoms with van der Waals surface area (Å²) in [5, 5.41) is 6.61. The Balaban J connectivity index is 2.28. The lowest BCUT2D eigenvalue weighted by Gasteiger charge is -2.20. The fourth-order valence-electron chi connectivity index (χ4n) is 2.02. The first-order chi connectivity index (χ1) is 9.81. The van der Waals surface area contributed by atoms with Gasteiger partial charge in [0.2, 0.25) is 0 Å². The van der Waals surface area contributed by atoms with Crippen molar-refractivity contribution in [2.45, 2.75) is 46.6 Å². The van der Waals surface area contributed by atoms with Crippen LogP contribution in [0, 0.1) is 13.8 Å². The zero-order chi connectivity index (χ0) is 15.6. The average Bonchev–Trinajstić information content (AvgIpc) is 2.82. The Hall–Kier alpha value is -1.62. The first-order valence-electron chi connectivity index (χ1n) is 7.17. The molecule has 0 aromatic carbocycles. The Labute approximate surface area is 131 Å². The molecule has 5 heteroatoms. The van der Waals surface area contributed by atoms with E-state index in [9.17, 15) is 0 Å². The molecular weight excluding hydrogens is 280 g/mol. The molecule has 0 fully saturated rings. The summed E-state index contributed by atoms with van der Waals surface area (Å²) >= 11 is 1.81. The van der Waals surface area contributed by atoms with Crippen LogP contribution in [-0.4, -0.2) is 17.0 Å². The third kappa shape index (κ3) is 3.73. The highest BCUT2D eigenvalue weighted by Gasteiger charge is 2.20. The van der Waals surface area contributed by atoms with Crippen LogP contribution < -0.4 is 10.6 Å². The molecule has 0 spiro atoms. The lowest BCUT2D eigenvalue weighted by Crippen LogP contribution is -2.19. The van der Waals surface area contributed by atoms with Gasteiger partial charge in [-0.1, -0.05) is 20.8 Å². The predicted octanol–water partition coefficient (Wildman–Crippen LogP) is 4.11. The van der Waals surface area contributed by atoms with E-state index in [1.807, 2.05) is 25.3 Å². The van der Waals surface area contributed by atoms with Gasteiger partial charge in [0.25, 0.3) is 0 Å². The van der Waals surface area contributed by atoms with Gasteiger partial charge in [0.05, 0.1) is 6.54 Å². The molecule has 2 N–H and O–H groups in total. The molecule has 0 radical (unpaired) electrons. The zero-order valence-corrected chi connectivity index (χ0v) is 14.5. The Bertz CT molecular complexity index is 626. The number of thiophene rings is 1. The van der Waals surface area contributed by atoms with E-state index in [1.165, 1.54) is 9.75 Å². The number of rotatable bonds is 4. The molecule has 114 valence electrons. The summed E-state index contributed by atoms with van der Waals surface area (Å²) in [6.07, 6.45) is 0. The molecule has 0 amide bonds. The molecule has 0 atom stereocenters. The molecule has 0 aliphatic carbocycles. The summed E-state index contributed by atoms with van der Waals surface area (Å²) in [4.78, 5) is 12.0. The molecule has 2 rings (SSSR count). The predicted molar refractivity (Wildman–Crippen MR) is 91.4 cm³/mol. The summed E-state index contributed by atoms with van der Waals surface area (Å²) in [5.74, 6) is 2.65. The molecule has 0 unspecified atom stereocenters. The highest BCUT2D eigenvalue weighted by atomic mass is 32.1. The molecule has 0 bridgehead atoms. The number of hydrogen-bond acceptors (Lipinski definition) is 5. The lowest BCUT2D eigenvalue weighted by atomic mass is 9.95. The monoisotopic (exact) mass is 304 g/mol. The van der Waals surface area contributed by atoms with Crippen LogP contribution in [-0.2, 0) is 12.0 Å². The highest BCUT2D eigenvalue weighted by molar-refractivity contribution is 7.11. The summed E-state index contributed by atoms with van der Waals surface area (Å²) in [5.41, 5.74) is 0.980.